The van der Waals surface area contributed by atoms with Crippen LogP contribution in [0.1, 0.15) is 32.2 Å². The molecular weight excluding hydrogens is 336 g/mol. The zero-order chi connectivity index (χ0) is 12.1. The number of rotatable bonds is 0. The molecular formula is C11H13ClIN3. The molecule has 0 N–H and O–H groups in total. The highest BCUT2D eigenvalue weighted by molar-refractivity contribution is 14.1. The van der Waals surface area contributed by atoms with Gasteiger partial charge >= 0.3 is 0 Å². The first-order chi connectivity index (χ1) is 7.30. The zero-order valence-corrected chi connectivity index (χ0v) is 12.6. The van der Waals surface area contributed by atoms with Crippen molar-refractivity contribution in [2.24, 2.45) is 0 Å². The fraction of sp³-hybridized carbons (Fsp3) is 0.455. The molecule has 2 rings (SSSR count). The SMILES string of the molecule is Cc1nn2c(Cl)cc(C(C)(C)C)nc2c1I. The van der Waals surface area contributed by atoms with Gasteiger partial charge in [-0.3, -0.25) is 0 Å². The largest absolute Gasteiger partial charge is 0.232 e. The van der Waals surface area contributed by atoms with E-state index in [1.54, 1.807) is 4.52 Å². The summed E-state index contributed by atoms with van der Waals surface area (Å²) in [5.41, 5.74) is 2.78. The molecule has 0 spiro atoms. The van der Waals surface area contributed by atoms with Crippen molar-refractivity contribution < 1.29 is 0 Å². The van der Waals surface area contributed by atoms with Crippen LogP contribution in [0.4, 0.5) is 0 Å². The standard InChI is InChI=1S/C11H13ClIN3/c1-6-9(13)10-14-7(11(2,3)4)5-8(12)16(10)15-6/h5H,1-4H3. The number of hydrogen-bond donors (Lipinski definition) is 0. The molecule has 0 aliphatic carbocycles. The molecule has 0 aliphatic heterocycles. The maximum Gasteiger partial charge on any atom is 0.170 e. The van der Waals surface area contributed by atoms with Gasteiger partial charge in [0, 0.05) is 5.41 Å². The van der Waals surface area contributed by atoms with E-state index in [1.165, 1.54) is 0 Å². The first kappa shape index (κ1) is 12.1. The maximum atomic E-state index is 6.21. The highest BCUT2D eigenvalue weighted by Crippen LogP contribution is 2.26. The summed E-state index contributed by atoms with van der Waals surface area (Å²) in [4.78, 5) is 4.64. The molecule has 0 aliphatic rings. The highest BCUT2D eigenvalue weighted by atomic mass is 127. The second kappa shape index (κ2) is 3.84. The summed E-state index contributed by atoms with van der Waals surface area (Å²) in [5, 5.41) is 4.96. The van der Waals surface area contributed by atoms with Crippen molar-refractivity contribution >= 4 is 39.8 Å². The van der Waals surface area contributed by atoms with Crippen molar-refractivity contribution in [3.05, 3.63) is 26.2 Å². The van der Waals surface area contributed by atoms with E-state index in [0.29, 0.717) is 5.15 Å². The van der Waals surface area contributed by atoms with Crippen molar-refractivity contribution in [3.63, 3.8) is 0 Å². The zero-order valence-electron chi connectivity index (χ0n) is 9.67. The van der Waals surface area contributed by atoms with Crippen LogP contribution in [0.15, 0.2) is 6.07 Å². The lowest BCUT2D eigenvalue weighted by atomic mass is 9.92. The summed E-state index contributed by atoms with van der Waals surface area (Å²) in [6.45, 7) is 8.33. The van der Waals surface area contributed by atoms with Crippen molar-refractivity contribution in [2.75, 3.05) is 0 Å². The molecule has 16 heavy (non-hydrogen) atoms. The molecule has 0 atom stereocenters. The second-order valence-corrected chi connectivity index (χ2v) is 6.31. The van der Waals surface area contributed by atoms with E-state index in [-0.39, 0.29) is 5.41 Å². The Hall–Kier alpha value is -0.360. The number of nitrogens with zero attached hydrogens (tertiary/aromatic N) is 3. The average Bonchev–Trinajstić information content (AvgIpc) is 2.44. The van der Waals surface area contributed by atoms with Gasteiger partial charge in [-0.05, 0) is 35.6 Å². The molecule has 0 saturated carbocycles. The highest BCUT2D eigenvalue weighted by Gasteiger charge is 2.19. The van der Waals surface area contributed by atoms with Gasteiger partial charge < -0.3 is 0 Å². The monoisotopic (exact) mass is 349 g/mol. The van der Waals surface area contributed by atoms with Crippen LogP contribution in [-0.2, 0) is 5.41 Å². The van der Waals surface area contributed by atoms with Crippen LogP contribution in [0.25, 0.3) is 5.65 Å². The van der Waals surface area contributed by atoms with E-state index in [9.17, 15) is 0 Å². The molecule has 2 aromatic heterocycles. The lowest BCUT2D eigenvalue weighted by Crippen LogP contribution is -2.14. The number of hydrogen-bond acceptors (Lipinski definition) is 2. The van der Waals surface area contributed by atoms with Gasteiger partial charge in [-0.2, -0.15) is 5.10 Å². The number of aromatic nitrogens is 3. The van der Waals surface area contributed by atoms with Gasteiger partial charge in [0.1, 0.15) is 5.15 Å². The minimum absolute atomic E-state index is 0.00730. The normalized spacial score (nSPS) is 12.4. The lowest BCUT2D eigenvalue weighted by molar-refractivity contribution is 0.568. The summed E-state index contributed by atoms with van der Waals surface area (Å²) in [7, 11) is 0. The van der Waals surface area contributed by atoms with E-state index < -0.39 is 0 Å². The Morgan fingerprint density at radius 2 is 2.00 bits per heavy atom. The summed E-state index contributed by atoms with van der Waals surface area (Å²) in [6, 6.07) is 1.89. The van der Waals surface area contributed by atoms with Crippen LogP contribution >= 0.6 is 34.2 Å². The topological polar surface area (TPSA) is 30.2 Å². The number of halogens is 2. The van der Waals surface area contributed by atoms with Crippen molar-refractivity contribution in [3.8, 4) is 0 Å². The van der Waals surface area contributed by atoms with E-state index in [2.05, 4.69) is 53.4 Å². The second-order valence-electron chi connectivity index (χ2n) is 4.85. The molecule has 0 aromatic carbocycles. The summed E-state index contributed by atoms with van der Waals surface area (Å²) >= 11 is 8.47. The minimum Gasteiger partial charge on any atom is -0.232 e. The molecule has 0 amide bonds. The van der Waals surface area contributed by atoms with Gasteiger partial charge in [0.25, 0.3) is 0 Å². The summed E-state index contributed by atoms with van der Waals surface area (Å²) in [6.07, 6.45) is 0. The number of aryl methyl sites for hydroxylation is 1. The first-order valence-corrected chi connectivity index (χ1v) is 6.48. The Balaban J connectivity index is 2.80. The smallest absolute Gasteiger partial charge is 0.170 e. The Morgan fingerprint density at radius 1 is 1.38 bits per heavy atom. The van der Waals surface area contributed by atoms with Crippen LogP contribution in [0, 0.1) is 10.5 Å². The lowest BCUT2D eigenvalue weighted by Gasteiger charge is -2.18. The molecule has 0 radical (unpaired) electrons. The van der Waals surface area contributed by atoms with Crippen LogP contribution in [0.5, 0.6) is 0 Å². The van der Waals surface area contributed by atoms with E-state index >= 15 is 0 Å². The molecule has 0 saturated heterocycles. The molecule has 0 fully saturated rings. The van der Waals surface area contributed by atoms with Gasteiger partial charge in [-0.15, -0.1) is 0 Å². The predicted octanol–water partition coefficient (Wildman–Crippen LogP) is 3.59. The first-order valence-electron chi connectivity index (χ1n) is 5.02. The third-order valence-corrected chi connectivity index (χ3v) is 3.95. The summed E-state index contributed by atoms with van der Waals surface area (Å²) < 4.78 is 2.75. The van der Waals surface area contributed by atoms with Crippen LogP contribution < -0.4 is 0 Å². The average molecular weight is 350 g/mol. The number of fused-ring (bicyclic) bond motifs is 1. The maximum absolute atomic E-state index is 6.21. The van der Waals surface area contributed by atoms with Gasteiger partial charge in [-0.25, -0.2) is 9.50 Å². The van der Waals surface area contributed by atoms with E-state index in [0.717, 1.165) is 20.6 Å². The Kier molecular flexibility index (Phi) is 2.90. The van der Waals surface area contributed by atoms with E-state index in [1.807, 2.05) is 13.0 Å². The molecule has 0 unspecified atom stereocenters. The molecule has 2 aromatic rings. The van der Waals surface area contributed by atoms with Gasteiger partial charge in [0.2, 0.25) is 0 Å². The Bertz CT molecular complexity index is 554. The quantitative estimate of drug-likeness (QED) is 0.537. The molecule has 0 bridgehead atoms. The van der Waals surface area contributed by atoms with E-state index in [4.69, 9.17) is 11.6 Å². The van der Waals surface area contributed by atoms with Gasteiger partial charge in [-0.1, -0.05) is 32.4 Å². The molecule has 3 nitrogen and oxygen atoms in total. The van der Waals surface area contributed by atoms with Crippen molar-refractivity contribution in [1.29, 1.82) is 0 Å². The summed E-state index contributed by atoms with van der Waals surface area (Å²) in [5.74, 6) is 0. The minimum atomic E-state index is -0.00730. The molecule has 86 valence electrons. The van der Waals surface area contributed by atoms with Gasteiger partial charge in [0.05, 0.1) is 15.0 Å². The molecule has 2 heterocycles. The molecule has 5 heteroatoms. The Morgan fingerprint density at radius 3 is 2.56 bits per heavy atom. The fourth-order valence-electron chi connectivity index (χ4n) is 1.45. The fourth-order valence-corrected chi connectivity index (χ4v) is 2.12. The predicted molar refractivity (Wildman–Crippen MR) is 74.2 cm³/mol. The van der Waals surface area contributed by atoms with Crippen LogP contribution in [-0.4, -0.2) is 14.6 Å². The Labute approximate surface area is 113 Å². The third kappa shape index (κ3) is 1.93. The van der Waals surface area contributed by atoms with Gasteiger partial charge in [0.15, 0.2) is 5.65 Å². The van der Waals surface area contributed by atoms with Crippen molar-refractivity contribution in [1.82, 2.24) is 14.6 Å². The van der Waals surface area contributed by atoms with Crippen molar-refractivity contribution in [2.45, 2.75) is 33.1 Å². The van der Waals surface area contributed by atoms with Crippen LogP contribution in [0.2, 0.25) is 5.15 Å². The third-order valence-electron chi connectivity index (χ3n) is 2.42. The van der Waals surface area contributed by atoms with Crippen LogP contribution in [0.3, 0.4) is 0 Å².